The Bertz CT molecular complexity index is 106. The van der Waals surface area contributed by atoms with E-state index in [0.717, 1.165) is 0 Å². The molecule has 2 N–H and O–H groups in total. The molecule has 1 fully saturated rings. The van der Waals surface area contributed by atoms with Crippen molar-refractivity contribution in [2.75, 3.05) is 13.2 Å². The molecule has 0 aromatic heterocycles. The van der Waals surface area contributed by atoms with Gasteiger partial charge in [0, 0.05) is 0 Å². The molecule has 0 unspecified atom stereocenters. The Kier molecular flexibility index (Phi) is 2.65. The molecule has 1 rings (SSSR count). The molecule has 3 nitrogen and oxygen atoms in total. The predicted molar refractivity (Wildman–Crippen MR) is 38.8 cm³/mol. The highest BCUT2D eigenvalue weighted by Crippen LogP contribution is 2.09. The molecule has 0 amide bonds. The molecular weight excluding hydrogens is 130 g/mol. The largest absolute Gasteiger partial charge is 0.377 e. The first-order valence-corrected chi connectivity index (χ1v) is 3.69. The number of hydrogen-bond acceptors (Lipinski definition) is 3. The van der Waals surface area contributed by atoms with Crippen LogP contribution in [-0.4, -0.2) is 31.5 Å². The van der Waals surface area contributed by atoms with Crippen molar-refractivity contribution in [2.45, 2.75) is 32.1 Å². The van der Waals surface area contributed by atoms with Gasteiger partial charge in [0.25, 0.3) is 0 Å². The number of rotatable bonds is 2. The molecule has 60 valence electrons. The zero-order valence-electron chi connectivity index (χ0n) is 6.54. The third kappa shape index (κ3) is 1.94. The second kappa shape index (κ2) is 3.32. The smallest absolute Gasteiger partial charge is 0.0984 e. The Labute approximate surface area is 61.5 Å². The van der Waals surface area contributed by atoms with Gasteiger partial charge >= 0.3 is 0 Å². The molecule has 0 bridgehead atoms. The van der Waals surface area contributed by atoms with Crippen LogP contribution in [0.2, 0.25) is 0 Å². The standard InChI is InChI=1S/C7H15NO2/c1-5(2)10-7-4-9-3-6(7)8/h5-7H,3-4,8H2,1-2H3/t6-,7+/m0/s1. The van der Waals surface area contributed by atoms with Crippen molar-refractivity contribution in [3.63, 3.8) is 0 Å². The fourth-order valence-corrected chi connectivity index (χ4v) is 1.04. The van der Waals surface area contributed by atoms with Crippen molar-refractivity contribution in [1.29, 1.82) is 0 Å². The van der Waals surface area contributed by atoms with E-state index in [2.05, 4.69) is 0 Å². The maximum Gasteiger partial charge on any atom is 0.0984 e. The lowest BCUT2D eigenvalue weighted by Crippen LogP contribution is -2.36. The molecule has 0 spiro atoms. The maximum atomic E-state index is 5.68. The van der Waals surface area contributed by atoms with Gasteiger partial charge < -0.3 is 15.2 Å². The lowest BCUT2D eigenvalue weighted by atomic mass is 10.2. The summed E-state index contributed by atoms with van der Waals surface area (Å²) in [5.74, 6) is 0. The van der Waals surface area contributed by atoms with Gasteiger partial charge in [0.15, 0.2) is 0 Å². The van der Waals surface area contributed by atoms with Gasteiger partial charge in [0.1, 0.15) is 0 Å². The molecule has 1 aliphatic heterocycles. The zero-order chi connectivity index (χ0) is 7.56. The summed E-state index contributed by atoms with van der Waals surface area (Å²) < 4.78 is 10.6. The van der Waals surface area contributed by atoms with E-state index in [9.17, 15) is 0 Å². The van der Waals surface area contributed by atoms with Gasteiger partial charge in [-0.25, -0.2) is 0 Å². The van der Waals surface area contributed by atoms with Crippen LogP contribution in [0.15, 0.2) is 0 Å². The molecule has 1 saturated heterocycles. The van der Waals surface area contributed by atoms with E-state index in [-0.39, 0.29) is 18.2 Å². The summed E-state index contributed by atoms with van der Waals surface area (Å²) in [5, 5.41) is 0. The Morgan fingerprint density at radius 1 is 1.50 bits per heavy atom. The normalized spacial score (nSPS) is 33.6. The Morgan fingerprint density at radius 2 is 2.20 bits per heavy atom. The van der Waals surface area contributed by atoms with E-state index >= 15 is 0 Å². The molecule has 0 aromatic carbocycles. The van der Waals surface area contributed by atoms with Crippen LogP contribution >= 0.6 is 0 Å². The van der Waals surface area contributed by atoms with Crippen LogP contribution in [0, 0.1) is 0 Å². The fraction of sp³-hybridized carbons (Fsp3) is 1.00. The molecule has 0 aliphatic carbocycles. The van der Waals surface area contributed by atoms with Crippen molar-refractivity contribution < 1.29 is 9.47 Å². The molecule has 10 heavy (non-hydrogen) atoms. The van der Waals surface area contributed by atoms with Crippen molar-refractivity contribution in [2.24, 2.45) is 5.73 Å². The van der Waals surface area contributed by atoms with Crippen LogP contribution in [0.4, 0.5) is 0 Å². The second-order valence-corrected chi connectivity index (χ2v) is 2.92. The van der Waals surface area contributed by atoms with E-state index < -0.39 is 0 Å². The minimum absolute atomic E-state index is 0.0717. The van der Waals surface area contributed by atoms with Gasteiger partial charge in [-0.1, -0.05) is 0 Å². The van der Waals surface area contributed by atoms with Gasteiger partial charge in [-0.2, -0.15) is 0 Å². The topological polar surface area (TPSA) is 44.5 Å². The summed E-state index contributed by atoms with van der Waals surface area (Å²) in [4.78, 5) is 0. The van der Waals surface area contributed by atoms with E-state index in [1.165, 1.54) is 0 Å². The van der Waals surface area contributed by atoms with Crippen LogP contribution in [-0.2, 0) is 9.47 Å². The molecular formula is C7H15NO2. The highest BCUT2D eigenvalue weighted by atomic mass is 16.6. The van der Waals surface area contributed by atoms with E-state index in [1.807, 2.05) is 13.8 Å². The summed E-state index contributed by atoms with van der Waals surface area (Å²) in [6, 6.07) is 0.0717. The number of ether oxygens (including phenoxy) is 2. The van der Waals surface area contributed by atoms with Crippen LogP contribution < -0.4 is 5.73 Å². The first kappa shape index (κ1) is 7.98. The Balaban J connectivity index is 2.26. The van der Waals surface area contributed by atoms with Gasteiger partial charge in [0.05, 0.1) is 31.5 Å². The van der Waals surface area contributed by atoms with Gasteiger partial charge in [0.2, 0.25) is 0 Å². The average Bonchev–Trinajstić information content (AvgIpc) is 2.15. The first-order valence-electron chi connectivity index (χ1n) is 3.69. The monoisotopic (exact) mass is 145 g/mol. The minimum atomic E-state index is 0.0717. The van der Waals surface area contributed by atoms with Crippen LogP contribution in [0.3, 0.4) is 0 Å². The van der Waals surface area contributed by atoms with Crippen LogP contribution in [0.1, 0.15) is 13.8 Å². The van der Waals surface area contributed by atoms with E-state index in [4.69, 9.17) is 15.2 Å². The Morgan fingerprint density at radius 3 is 2.60 bits per heavy atom. The third-order valence-corrected chi connectivity index (χ3v) is 1.52. The van der Waals surface area contributed by atoms with Crippen molar-refractivity contribution >= 4 is 0 Å². The van der Waals surface area contributed by atoms with Crippen molar-refractivity contribution in [3.05, 3.63) is 0 Å². The summed E-state index contributed by atoms with van der Waals surface area (Å²) in [5.41, 5.74) is 5.68. The molecule has 0 radical (unpaired) electrons. The van der Waals surface area contributed by atoms with Crippen molar-refractivity contribution in [1.82, 2.24) is 0 Å². The Hall–Kier alpha value is -0.120. The van der Waals surface area contributed by atoms with E-state index in [1.54, 1.807) is 0 Å². The molecule has 3 heteroatoms. The predicted octanol–water partition coefficient (Wildman–Crippen LogP) is 0.138. The van der Waals surface area contributed by atoms with Gasteiger partial charge in [-0.3, -0.25) is 0 Å². The highest BCUT2D eigenvalue weighted by Gasteiger charge is 2.25. The second-order valence-electron chi connectivity index (χ2n) is 2.92. The number of hydrogen-bond donors (Lipinski definition) is 1. The number of nitrogens with two attached hydrogens (primary N) is 1. The summed E-state index contributed by atoms with van der Waals surface area (Å²) in [6.45, 7) is 5.30. The van der Waals surface area contributed by atoms with Gasteiger partial charge in [-0.15, -0.1) is 0 Å². The van der Waals surface area contributed by atoms with Crippen LogP contribution in [0.25, 0.3) is 0 Å². The van der Waals surface area contributed by atoms with E-state index in [0.29, 0.717) is 13.2 Å². The van der Waals surface area contributed by atoms with Crippen LogP contribution in [0.5, 0.6) is 0 Å². The molecule has 2 atom stereocenters. The minimum Gasteiger partial charge on any atom is -0.377 e. The molecule has 1 heterocycles. The molecule has 0 saturated carbocycles. The lowest BCUT2D eigenvalue weighted by Gasteiger charge is -2.16. The lowest BCUT2D eigenvalue weighted by molar-refractivity contribution is -0.00224. The SMILES string of the molecule is CC(C)O[C@@H]1COC[C@@H]1N. The fourth-order valence-electron chi connectivity index (χ4n) is 1.04. The highest BCUT2D eigenvalue weighted by molar-refractivity contribution is 4.78. The third-order valence-electron chi connectivity index (χ3n) is 1.52. The summed E-state index contributed by atoms with van der Waals surface area (Å²) in [6.07, 6.45) is 0.359. The zero-order valence-corrected chi connectivity index (χ0v) is 6.54. The quantitative estimate of drug-likeness (QED) is 0.601. The summed E-state index contributed by atoms with van der Waals surface area (Å²) in [7, 11) is 0. The summed E-state index contributed by atoms with van der Waals surface area (Å²) >= 11 is 0. The molecule has 0 aromatic rings. The molecule has 1 aliphatic rings. The average molecular weight is 145 g/mol. The maximum absolute atomic E-state index is 5.68. The van der Waals surface area contributed by atoms with Crippen molar-refractivity contribution in [3.8, 4) is 0 Å². The van der Waals surface area contributed by atoms with Gasteiger partial charge in [-0.05, 0) is 13.8 Å². The first-order chi connectivity index (χ1) is 4.70.